The molecule has 1 aromatic heterocycles. The minimum atomic E-state index is -5.00. The van der Waals surface area contributed by atoms with Crippen molar-refractivity contribution in [2.45, 2.75) is 13.0 Å². The van der Waals surface area contributed by atoms with E-state index in [1.165, 1.54) is 0 Å². The molecule has 0 fully saturated rings. The standard InChI is InChI=1S/C7H5F4NO2/c8-3-4-1-2-12-6(13)5(4)14-7(9,10)11/h1-2H,3H2,(H,12,13). The lowest BCUT2D eigenvalue weighted by atomic mass is 10.3. The van der Waals surface area contributed by atoms with Crippen LogP contribution in [0.25, 0.3) is 0 Å². The number of rotatable bonds is 2. The van der Waals surface area contributed by atoms with E-state index in [1.807, 2.05) is 4.98 Å². The lowest BCUT2D eigenvalue weighted by Crippen LogP contribution is -2.23. The van der Waals surface area contributed by atoms with Crippen molar-refractivity contribution in [3.05, 3.63) is 28.2 Å². The Bertz CT molecular complexity index is 371. The van der Waals surface area contributed by atoms with Gasteiger partial charge in [0.05, 0.1) is 0 Å². The Morgan fingerprint density at radius 3 is 2.57 bits per heavy atom. The third kappa shape index (κ3) is 2.48. The number of alkyl halides is 4. The molecule has 0 atom stereocenters. The summed E-state index contributed by atoms with van der Waals surface area (Å²) in [7, 11) is 0. The van der Waals surface area contributed by atoms with E-state index >= 15 is 0 Å². The summed E-state index contributed by atoms with van der Waals surface area (Å²) in [6.45, 7) is -1.20. The maximum Gasteiger partial charge on any atom is 0.573 e. The number of hydrogen-bond acceptors (Lipinski definition) is 2. The lowest BCUT2D eigenvalue weighted by molar-refractivity contribution is -0.275. The molecule has 0 saturated heterocycles. The van der Waals surface area contributed by atoms with E-state index in [1.54, 1.807) is 0 Å². The minimum absolute atomic E-state index is 0.439. The van der Waals surface area contributed by atoms with Crippen LogP contribution in [0.3, 0.4) is 0 Å². The molecule has 14 heavy (non-hydrogen) atoms. The SMILES string of the molecule is O=c1[nH]ccc(CF)c1OC(F)(F)F. The van der Waals surface area contributed by atoms with E-state index < -0.39 is 29.9 Å². The third-order valence-electron chi connectivity index (χ3n) is 1.36. The van der Waals surface area contributed by atoms with Crippen molar-refractivity contribution in [2.75, 3.05) is 0 Å². The van der Waals surface area contributed by atoms with Gasteiger partial charge in [0.15, 0.2) is 5.75 Å². The van der Waals surface area contributed by atoms with E-state index in [9.17, 15) is 22.4 Å². The monoisotopic (exact) mass is 211 g/mol. The maximum absolute atomic E-state index is 12.1. The Balaban J connectivity index is 3.12. The first-order valence-electron chi connectivity index (χ1n) is 3.46. The maximum atomic E-state index is 12.1. The van der Waals surface area contributed by atoms with Crippen LogP contribution in [-0.4, -0.2) is 11.3 Å². The molecule has 0 aliphatic carbocycles. The van der Waals surface area contributed by atoms with Crippen molar-refractivity contribution >= 4 is 0 Å². The molecule has 1 N–H and O–H groups in total. The molecule has 0 amide bonds. The van der Waals surface area contributed by atoms with Crippen molar-refractivity contribution in [3.63, 3.8) is 0 Å². The zero-order valence-corrected chi connectivity index (χ0v) is 6.69. The van der Waals surface area contributed by atoms with Gasteiger partial charge < -0.3 is 9.72 Å². The van der Waals surface area contributed by atoms with E-state index in [-0.39, 0.29) is 0 Å². The zero-order chi connectivity index (χ0) is 10.8. The summed E-state index contributed by atoms with van der Waals surface area (Å²) in [6.07, 6.45) is -3.96. The molecular weight excluding hydrogens is 206 g/mol. The average Bonchev–Trinajstić information content (AvgIpc) is 2.06. The molecule has 0 spiro atoms. The summed E-state index contributed by atoms with van der Waals surface area (Å²) in [4.78, 5) is 12.8. The summed E-state index contributed by atoms with van der Waals surface area (Å²) < 4.78 is 50.7. The molecule has 1 aromatic rings. The number of aromatic nitrogens is 1. The number of halogens is 4. The van der Waals surface area contributed by atoms with Gasteiger partial charge in [-0.15, -0.1) is 13.2 Å². The number of aromatic amines is 1. The van der Waals surface area contributed by atoms with Gasteiger partial charge in [0.2, 0.25) is 0 Å². The molecular formula is C7H5F4NO2. The predicted molar refractivity (Wildman–Crippen MR) is 38.6 cm³/mol. The molecule has 0 bridgehead atoms. The Morgan fingerprint density at radius 2 is 2.07 bits per heavy atom. The van der Waals surface area contributed by atoms with Crippen LogP contribution in [-0.2, 0) is 6.67 Å². The van der Waals surface area contributed by atoms with Crippen molar-refractivity contribution in [3.8, 4) is 5.75 Å². The Hall–Kier alpha value is -1.53. The molecule has 0 aliphatic heterocycles. The molecule has 0 aromatic carbocycles. The molecule has 7 heteroatoms. The largest absolute Gasteiger partial charge is 0.573 e. The fourth-order valence-electron chi connectivity index (χ4n) is 0.838. The van der Waals surface area contributed by atoms with Crippen LogP contribution in [0, 0.1) is 0 Å². The first kappa shape index (κ1) is 10.6. The van der Waals surface area contributed by atoms with E-state index in [0.717, 1.165) is 12.3 Å². The van der Waals surface area contributed by atoms with Gasteiger partial charge in [-0.05, 0) is 6.07 Å². The van der Waals surface area contributed by atoms with Gasteiger partial charge in [-0.3, -0.25) is 4.79 Å². The minimum Gasteiger partial charge on any atom is -0.399 e. The van der Waals surface area contributed by atoms with Crippen LogP contribution in [0.15, 0.2) is 17.1 Å². The molecule has 78 valence electrons. The zero-order valence-electron chi connectivity index (χ0n) is 6.69. The van der Waals surface area contributed by atoms with Gasteiger partial charge in [0.25, 0.3) is 5.56 Å². The van der Waals surface area contributed by atoms with Crippen LogP contribution >= 0.6 is 0 Å². The van der Waals surface area contributed by atoms with Crippen molar-refractivity contribution in [1.82, 2.24) is 4.98 Å². The number of hydrogen-bond donors (Lipinski definition) is 1. The number of ether oxygens (including phenoxy) is 1. The Kier molecular flexibility index (Phi) is 2.78. The van der Waals surface area contributed by atoms with Crippen LogP contribution in [0.5, 0.6) is 5.75 Å². The quantitative estimate of drug-likeness (QED) is 0.757. The highest BCUT2D eigenvalue weighted by atomic mass is 19.4. The lowest BCUT2D eigenvalue weighted by Gasteiger charge is -2.09. The average molecular weight is 211 g/mol. The van der Waals surface area contributed by atoms with Gasteiger partial charge >= 0.3 is 6.36 Å². The second-order valence-corrected chi connectivity index (χ2v) is 2.34. The smallest absolute Gasteiger partial charge is 0.399 e. The highest BCUT2D eigenvalue weighted by Gasteiger charge is 2.33. The van der Waals surface area contributed by atoms with Gasteiger partial charge in [-0.2, -0.15) is 0 Å². The third-order valence-corrected chi connectivity index (χ3v) is 1.36. The Labute approximate surface area is 75.3 Å². The molecule has 0 saturated carbocycles. The second kappa shape index (κ2) is 3.69. The van der Waals surface area contributed by atoms with Gasteiger partial charge in [-0.25, -0.2) is 4.39 Å². The number of H-pyrrole nitrogens is 1. The molecule has 0 radical (unpaired) electrons. The van der Waals surface area contributed by atoms with Crippen LogP contribution in [0.4, 0.5) is 17.6 Å². The summed E-state index contributed by atoms with van der Waals surface area (Å²) in [5, 5.41) is 0. The molecule has 1 rings (SSSR count). The molecule has 0 aliphatic rings. The van der Waals surface area contributed by atoms with Crippen molar-refractivity contribution < 1.29 is 22.3 Å². The predicted octanol–water partition coefficient (Wildman–Crippen LogP) is 1.74. The van der Waals surface area contributed by atoms with Crippen LogP contribution < -0.4 is 10.3 Å². The van der Waals surface area contributed by atoms with Crippen LogP contribution in [0.1, 0.15) is 5.56 Å². The summed E-state index contributed by atoms with van der Waals surface area (Å²) in [6, 6.07) is 1.00. The normalized spacial score (nSPS) is 11.4. The topological polar surface area (TPSA) is 42.1 Å². The molecule has 1 heterocycles. The van der Waals surface area contributed by atoms with Gasteiger partial charge in [0, 0.05) is 11.8 Å². The summed E-state index contributed by atoms with van der Waals surface area (Å²) in [5.74, 6) is -1.05. The van der Waals surface area contributed by atoms with Crippen molar-refractivity contribution in [2.24, 2.45) is 0 Å². The summed E-state index contributed by atoms with van der Waals surface area (Å²) in [5.41, 5.74) is -1.55. The van der Waals surface area contributed by atoms with Gasteiger partial charge in [0.1, 0.15) is 6.67 Å². The first-order chi connectivity index (χ1) is 6.44. The van der Waals surface area contributed by atoms with Gasteiger partial charge in [-0.1, -0.05) is 0 Å². The Morgan fingerprint density at radius 1 is 1.43 bits per heavy atom. The first-order valence-corrected chi connectivity index (χ1v) is 3.46. The van der Waals surface area contributed by atoms with Crippen LogP contribution in [0.2, 0.25) is 0 Å². The molecule has 3 nitrogen and oxygen atoms in total. The van der Waals surface area contributed by atoms with E-state index in [2.05, 4.69) is 4.74 Å². The van der Waals surface area contributed by atoms with E-state index in [4.69, 9.17) is 0 Å². The van der Waals surface area contributed by atoms with Crippen molar-refractivity contribution in [1.29, 1.82) is 0 Å². The fraction of sp³-hybridized carbons (Fsp3) is 0.286. The highest BCUT2D eigenvalue weighted by Crippen LogP contribution is 2.22. The number of pyridine rings is 1. The highest BCUT2D eigenvalue weighted by molar-refractivity contribution is 5.29. The fourth-order valence-corrected chi connectivity index (χ4v) is 0.838. The number of nitrogens with one attached hydrogen (secondary N) is 1. The molecule has 0 unspecified atom stereocenters. The summed E-state index contributed by atoms with van der Waals surface area (Å²) >= 11 is 0. The second-order valence-electron chi connectivity index (χ2n) is 2.34. The van der Waals surface area contributed by atoms with E-state index in [0.29, 0.717) is 0 Å².